The van der Waals surface area contributed by atoms with Gasteiger partial charge in [0, 0.05) is 6.07 Å². The van der Waals surface area contributed by atoms with E-state index in [1.54, 1.807) is 44.6 Å². The number of methoxy groups -OCH3 is 2. The van der Waals surface area contributed by atoms with Crippen LogP contribution in [0.25, 0.3) is 11.3 Å². The molecule has 0 saturated carbocycles. The Balaban J connectivity index is 1.65. The molecule has 0 saturated heterocycles. The molecule has 3 rings (SSSR count). The molecule has 0 aliphatic rings. The fraction of sp³-hybridized carbons (Fsp3) is 0.150. The minimum absolute atomic E-state index is 0.00748. The summed E-state index contributed by atoms with van der Waals surface area (Å²) >= 11 is 0. The van der Waals surface area contributed by atoms with Gasteiger partial charge >= 0.3 is 0 Å². The molecule has 28 heavy (non-hydrogen) atoms. The SMILES string of the molecule is COc1ccc(CN/N=C\c2ccc(-c3ccccc3[N+](=O)[O-])o2)cc1OC. The predicted octanol–water partition coefficient (Wildman–Crippen LogP) is 4.00. The quantitative estimate of drug-likeness (QED) is 0.360. The second kappa shape index (κ2) is 8.72. The molecular formula is C20H19N3O5. The summed E-state index contributed by atoms with van der Waals surface area (Å²) in [6, 6.07) is 15.4. The van der Waals surface area contributed by atoms with Gasteiger partial charge in [-0.25, -0.2) is 0 Å². The van der Waals surface area contributed by atoms with Crippen LogP contribution in [-0.2, 0) is 6.54 Å². The van der Waals surface area contributed by atoms with Gasteiger partial charge in [-0.15, -0.1) is 0 Å². The summed E-state index contributed by atoms with van der Waals surface area (Å²) in [5.41, 5.74) is 4.30. The van der Waals surface area contributed by atoms with E-state index in [0.29, 0.717) is 35.1 Å². The summed E-state index contributed by atoms with van der Waals surface area (Å²) in [5.74, 6) is 2.19. The molecule has 0 radical (unpaired) electrons. The van der Waals surface area contributed by atoms with E-state index in [-0.39, 0.29) is 5.69 Å². The summed E-state index contributed by atoms with van der Waals surface area (Å²) in [4.78, 5) is 10.7. The molecule has 144 valence electrons. The smallest absolute Gasteiger partial charge is 0.280 e. The van der Waals surface area contributed by atoms with Crippen molar-refractivity contribution in [3.63, 3.8) is 0 Å². The number of nitrogens with one attached hydrogen (secondary N) is 1. The number of nitro groups is 1. The van der Waals surface area contributed by atoms with Gasteiger partial charge in [0.05, 0.1) is 37.5 Å². The van der Waals surface area contributed by atoms with Gasteiger partial charge in [-0.05, 0) is 35.9 Å². The molecule has 0 fully saturated rings. The van der Waals surface area contributed by atoms with E-state index in [1.165, 1.54) is 12.3 Å². The number of para-hydroxylation sites is 1. The van der Waals surface area contributed by atoms with Crippen molar-refractivity contribution >= 4 is 11.9 Å². The molecule has 8 nitrogen and oxygen atoms in total. The fourth-order valence-corrected chi connectivity index (χ4v) is 2.64. The highest BCUT2D eigenvalue weighted by atomic mass is 16.6. The van der Waals surface area contributed by atoms with Crippen LogP contribution < -0.4 is 14.9 Å². The topological polar surface area (TPSA) is 99.1 Å². The van der Waals surface area contributed by atoms with Crippen molar-refractivity contribution < 1.29 is 18.8 Å². The standard InChI is InChI=1S/C20H19N3O5/c1-26-19-9-7-14(11-20(19)27-2)12-21-22-13-15-8-10-18(28-15)16-5-3-4-6-17(16)23(24)25/h3-11,13,21H,12H2,1-2H3/b22-13-. The van der Waals surface area contributed by atoms with Crippen LogP contribution in [0.1, 0.15) is 11.3 Å². The van der Waals surface area contributed by atoms with Gasteiger partial charge in [-0.3, -0.25) is 10.1 Å². The third kappa shape index (κ3) is 4.29. The van der Waals surface area contributed by atoms with Crippen LogP contribution >= 0.6 is 0 Å². The van der Waals surface area contributed by atoms with Crippen molar-refractivity contribution in [2.24, 2.45) is 5.10 Å². The lowest BCUT2D eigenvalue weighted by atomic mass is 10.1. The number of hydrogen-bond acceptors (Lipinski definition) is 7. The summed E-state index contributed by atoms with van der Waals surface area (Å²) in [5, 5.41) is 15.3. The fourth-order valence-electron chi connectivity index (χ4n) is 2.64. The van der Waals surface area contributed by atoms with Gasteiger partial charge in [-0.2, -0.15) is 5.10 Å². The molecule has 1 aromatic heterocycles. The number of furan rings is 1. The summed E-state index contributed by atoms with van der Waals surface area (Å²) in [6.07, 6.45) is 1.51. The molecule has 1 N–H and O–H groups in total. The number of rotatable bonds is 8. The first-order valence-corrected chi connectivity index (χ1v) is 8.43. The normalized spacial score (nSPS) is 10.8. The largest absolute Gasteiger partial charge is 0.493 e. The average molecular weight is 381 g/mol. The molecule has 0 aliphatic heterocycles. The minimum Gasteiger partial charge on any atom is -0.493 e. The lowest BCUT2D eigenvalue weighted by Crippen LogP contribution is -2.05. The Morgan fingerprint density at radius 2 is 1.89 bits per heavy atom. The average Bonchev–Trinajstić information content (AvgIpc) is 3.19. The molecule has 0 aliphatic carbocycles. The van der Waals surface area contributed by atoms with Crippen molar-refractivity contribution in [1.29, 1.82) is 0 Å². The van der Waals surface area contributed by atoms with Crippen LogP contribution in [0.2, 0.25) is 0 Å². The van der Waals surface area contributed by atoms with E-state index in [1.807, 2.05) is 18.2 Å². The van der Waals surface area contributed by atoms with E-state index in [9.17, 15) is 10.1 Å². The van der Waals surface area contributed by atoms with Crippen LogP contribution in [0.5, 0.6) is 11.5 Å². The Morgan fingerprint density at radius 3 is 2.64 bits per heavy atom. The van der Waals surface area contributed by atoms with E-state index >= 15 is 0 Å². The van der Waals surface area contributed by atoms with Crippen molar-refractivity contribution in [2.75, 3.05) is 14.2 Å². The Kier molecular flexibility index (Phi) is 5.91. The highest BCUT2D eigenvalue weighted by molar-refractivity contribution is 5.78. The molecule has 0 bridgehead atoms. The zero-order valence-corrected chi connectivity index (χ0v) is 15.4. The summed E-state index contributed by atoms with van der Waals surface area (Å²) in [6.45, 7) is 0.481. The van der Waals surface area contributed by atoms with Crippen LogP contribution in [-0.4, -0.2) is 25.4 Å². The predicted molar refractivity (Wildman–Crippen MR) is 105 cm³/mol. The molecule has 8 heteroatoms. The molecule has 0 atom stereocenters. The van der Waals surface area contributed by atoms with Crippen LogP contribution in [0.15, 0.2) is 64.1 Å². The third-order valence-electron chi connectivity index (χ3n) is 4.01. The van der Waals surface area contributed by atoms with Gasteiger partial charge in [0.2, 0.25) is 0 Å². The molecule has 0 amide bonds. The van der Waals surface area contributed by atoms with E-state index in [0.717, 1.165) is 5.56 Å². The summed E-state index contributed by atoms with van der Waals surface area (Å²) in [7, 11) is 3.17. The van der Waals surface area contributed by atoms with Gasteiger partial charge in [-0.1, -0.05) is 18.2 Å². The number of benzene rings is 2. The first-order chi connectivity index (χ1) is 13.6. The number of nitrogens with zero attached hydrogens (tertiary/aromatic N) is 2. The van der Waals surface area contributed by atoms with Crippen molar-refractivity contribution in [3.05, 3.63) is 76.0 Å². The first kappa shape index (κ1) is 19.0. The van der Waals surface area contributed by atoms with E-state index < -0.39 is 4.92 Å². The van der Waals surface area contributed by atoms with E-state index in [2.05, 4.69) is 10.5 Å². The Labute approximate surface area is 161 Å². The van der Waals surface area contributed by atoms with Gasteiger partial charge < -0.3 is 19.3 Å². The third-order valence-corrected chi connectivity index (χ3v) is 4.01. The molecule has 0 unspecified atom stereocenters. The Morgan fingerprint density at radius 1 is 1.11 bits per heavy atom. The Bertz CT molecular complexity index is 997. The minimum atomic E-state index is -0.434. The molecule has 3 aromatic rings. The second-order valence-electron chi connectivity index (χ2n) is 5.76. The lowest BCUT2D eigenvalue weighted by molar-refractivity contribution is -0.384. The zero-order chi connectivity index (χ0) is 19.9. The van der Waals surface area contributed by atoms with Crippen molar-refractivity contribution in [3.8, 4) is 22.8 Å². The lowest BCUT2D eigenvalue weighted by Gasteiger charge is -2.09. The monoisotopic (exact) mass is 381 g/mol. The maximum absolute atomic E-state index is 11.1. The molecule has 0 spiro atoms. The van der Waals surface area contributed by atoms with Crippen LogP contribution in [0.3, 0.4) is 0 Å². The Hall–Kier alpha value is -3.81. The van der Waals surface area contributed by atoms with Crippen LogP contribution in [0.4, 0.5) is 5.69 Å². The molecule has 1 heterocycles. The first-order valence-electron chi connectivity index (χ1n) is 8.43. The van der Waals surface area contributed by atoms with E-state index in [4.69, 9.17) is 13.9 Å². The molecular weight excluding hydrogens is 362 g/mol. The van der Waals surface area contributed by atoms with Gasteiger partial charge in [0.25, 0.3) is 5.69 Å². The highest BCUT2D eigenvalue weighted by Crippen LogP contribution is 2.30. The van der Waals surface area contributed by atoms with Crippen molar-refractivity contribution in [1.82, 2.24) is 5.43 Å². The van der Waals surface area contributed by atoms with Crippen LogP contribution in [0, 0.1) is 10.1 Å². The van der Waals surface area contributed by atoms with Crippen molar-refractivity contribution in [2.45, 2.75) is 6.54 Å². The zero-order valence-electron chi connectivity index (χ0n) is 15.4. The number of nitro benzene ring substituents is 1. The van der Waals surface area contributed by atoms with Gasteiger partial charge in [0.15, 0.2) is 11.5 Å². The highest BCUT2D eigenvalue weighted by Gasteiger charge is 2.16. The number of hydrogen-bond donors (Lipinski definition) is 1. The van der Waals surface area contributed by atoms with Gasteiger partial charge in [0.1, 0.15) is 11.5 Å². The maximum Gasteiger partial charge on any atom is 0.280 e. The second-order valence-corrected chi connectivity index (χ2v) is 5.76. The maximum atomic E-state index is 11.1. The molecule has 2 aromatic carbocycles. The number of ether oxygens (including phenoxy) is 2. The number of hydrazone groups is 1. The summed E-state index contributed by atoms with van der Waals surface area (Å²) < 4.78 is 16.1.